The number of benzene rings is 1. The Kier molecular flexibility index (Phi) is 5.43. The number of rotatable bonds is 5. The maximum Gasteiger partial charge on any atom is 0.404 e. The molecular formula is C21H24FN5O3. The van der Waals surface area contributed by atoms with E-state index in [-0.39, 0.29) is 47.3 Å². The largest absolute Gasteiger partial charge is 0.465 e. The zero-order valence-electron chi connectivity index (χ0n) is 16.6. The minimum absolute atomic E-state index is 0.0180. The van der Waals surface area contributed by atoms with Gasteiger partial charge in [0.2, 0.25) is 0 Å². The van der Waals surface area contributed by atoms with Gasteiger partial charge >= 0.3 is 6.09 Å². The summed E-state index contributed by atoms with van der Waals surface area (Å²) in [5.41, 5.74) is 2.23. The molecule has 30 heavy (non-hydrogen) atoms. The van der Waals surface area contributed by atoms with Crippen LogP contribution < -0.4 is 21.3 Å². The van der Waals surface area contributed by atoms with Crippen molar-refractivity contribution >= 4 is 29.3 Å². The molecule has 2 atom stereocenters. The number of anilines is 3. The second-order valence-electron chi connectivity index (χ2n) is 7.74. The molecule has 1 aromatic heterocycles. The van der Waals surface area contributed by atoms with Crippen LogP contribution in [0, 0.1) is 12.7 Å². The number of nitrogens with zero attached hydrogens (tertiary/aromatic N) is 1. The first-order valence-corrected chi connectivity index (χ1v) is 10.0. The molecule has 2 aliphatic rings. The lowest BCUT2D eigenvalue weighted by Crippen LogP contribution is -2.48. The fourth-order valence-electron chi connectivity index (χ4n) is 4.14. The van der Waals surface area contributed by atoms with E-state index in [2.05, 4.69) is 26.3 Å². The van der Waals surface area contributed by atoms with E-state index < -0.39 is 11.9 Å². The van der Waals surface area contributed by atoms with Crippen LogP contribution in [0.3, 0.4) is 0 Å². The van der Waals surface area contributed by atoms with Crippen molar-refractivity contribution in [3.05, 3.63) is 46.8 Å². The van der Waals surface area contributed by atoms with E-state index in [0.29, 0.717) is 12.8 Å². The smallest absolute Gasteiger partial charge is 0.404 e. The monoisotopic (exact) mass is 413 g/mol. The molecule has 0 saturated heterocycles. The van der Waals surface area contributed by atoms with Gasteiger partial charge in [0.25, 0.3) is 5.91 Å². The maximum atomic E-state index is 15.2. The Balaban J connectivity index is 1.68. The van der Waals surface area contributed by atoms with Gasteiger partial charge in [0, 0.05) is 23.8 Å². The molecule has 0 spiro atoms. The van der Waals surface area contributed by atoms with Crippen LogP contribution in [0.2, 0.25) is 0 Å². The molecule has 0 unspecified atom stereocenters. The number of nitrogens with one attached hydrogen (secondary N) is 4. The predicted molar refractivity (Wildman–Crippen MR) is 111 cm³/mol. The fraction of sp³-hybridized carbons (Fsp3) is 0.381. The molecule has 2 heterocycles. The van der Waals surface area contributed by atoms with Crippen molar-refractivity contribution in [3.8, 4) is 0 Å². The molecule has 8 nitrogen and oxygen atoms in total. The molecule has 2 aromatic rings. The molecule has 0 bridgehead atoms. The average molecular weight is 413 g/mol. The number of aryl methyl sites for hydroxylation is 1. The summed E-state index contributed by atoms with van der Waals surface area (Å²) in [5.74, 6) is -0.670. The van der Waals surface area contributed by atoms with Crippen LogP contribution in [0.1, 0.15) is 47.2 Å². The number of amides is 2. The normalized spacial score (nSPS) is 20.3. The van der Waals surface area contributed by atoms with E-state index in [1.807, 2.05) is 31.2 Å². The molecule has 0 radical (unpaired) electrons. The van der Waals surface area contributed by atoms with Gasteiger partial charge in [-0.1, -0.05) is 25.0 Å². The third-order valence-electron chi connectivity index (χ3n) is 5.57. The van der Waals surface area contributed by atoms with Crippen molar-refractivity contribution in [2.45, 2.75) is 51.2 Å². The van der Waals surface area contributed by atoms with Crippen molar-refractivity contribution in [1.82, 2.24) is 15.6 Å². The van der Waals surface area contributed by atoms with Crippen LogP contribution >= 0.6 is 0 Å². The summed E-state index contributed by atoms with van der Waals surface area (Å²) in [4.78, 5) is 27.8. The van der Waals surface area contributed by atoms with Crippen molar-refractivity contribution in [1.29, 1.82) is 0 Å². The molecule has 1 aliphatic carbocycles. The van der Waals surface area contributed by atoms with Crippen LogP contribution in [0.15, 0.2) is 24.3 Å². The van der Waals surface area contributed by atoms with Crippen LogP contribution in [-0.4, -0.2) is 34.2 Å². The summed E-state index contributed by atoms with van der Waals surface area (Å²) >= 11 is 0. The Hall–Kier alpha value is -3.36. The van der Waals surface area contributed by atoms with Crippen molar-refractivity contribution < 1.29 is 19.1 Å². The molecule has 4 rings (SSSR count). The summed E-state index contributed by atoms with van der Waals surface area (Å²) in [5, 5.41) is 20.5. The summed E-state index contributed by atoms with van der Waals surface area (Å²) in [6.45, 7) is 2.03. The van der Waals surface area contributed by atoms with Gasteiger partial charge in [-0.2, -0.15) is 0 Å². The molecule has 158 valence electrons. The highest BCUT2D eigenvalue weighted by atomic mass is 19.1. The highest BCUT2D eigenvalue weighted by Crippen LogP contribution is 2.33. The third-order valence-corrected chi connectivity index (χ3v) is 5.57. The van der Waals surface area contributed by atoms with E-state index in [9.17, 15) is 9.59 Å². The van der Waals surface area contributed by atoms with Gasteiger partial charge in [-0.25, -0.2) is 14.2 Å². The number of carboxylic acid groups (broad SMARTS) is 1. The highest BCUT2D eigenvalue weighted by Gasteiger charge is 2.32. The predicted octanol–water partition coefficient (Wildman–Crippen LogP) is 3.51. The topological polar surface area (TPSA) is 115 Å². The lowest BCUT2D eigenvalue weighted by molar-refractivity contribution is 0.0966. The van der Waals surface area contributed by atoms with E-state index in [1.54, 1.807) is 0 Å². The molecular weight excluding hydrogens is 389 g/mol. The van der Waals surface area contributed by atoms with Gasteiger partial charge in [0.15, 0.2) is 11.6 Å². The summed E-state index contributed by atoms with van der Waals surface area (Å²) in [6.07, 6.45) is 2.08. The Morgan fingerprint density at radius 1 is 1.23 bits per heavy atom. The fourth-order valence-corrected chi connectivity index (χ4v) is 4.14. The Labute approximate surface area is 173 Å². The zero-order valence-corrected chi connectivity index (χ0v) is 16.6. The molecule has 9 heteroatoms. The third kappa shape index (κ3) is 4.00. The van der Waals surface area contributed by atoms with Crippen molar-refractivity contribution in [2.75, 3.05) is 10.6 Å². The average Bonchev–Trinajstić information content (AvgIpc) is 3.09. The summed E-state index contributed by atoms with van der Waals surface area (Å²) in [6, 6.07) is 6.96. The van der Waals surface area contributed by atoms with E-state index in [0.717, 1.165) is 24.1 Å². The number of carbonyl (C=O) groups excluding carboxylic acids is 1. The number of fused-ring (bicyclic) bond motifs is 1. The van der Waals surface area contributed by atoms with Crippen molar-refractivity contribution in [3.63, 3.8) is 0 Å². The van der Waals surface area contributed by atoms with Gasteiger partial charge in [0.1, 0.15) is 5.82 Å². The number of halogens is 1. The molecule has 1 aromatic carbocycles. The number of pyridine rings is 1. The summed E-state index contributed by atoms with van der Waals surface area (Å²) < 4.78 is 15.2. The first-order chi connectivity index (χ1) is 14.4. The second kappa shape index (κ2) is 8.17. The van der Waals surface area contributed by atoms with E-state index >= 15 is 4.39 Å². The minimum atomic E-state index is -1.10. The molecule has 5 N–H and O–H groups in total. The zero-order chi connectivity index (χ0) is 21.3. The highest BCUT2D eigenvalue weighted by molar-refractivity contribution is 6.03. The minimum Gasteiger partial charge on any atom is -0.465 e. The first kappa shape index (κ1) is 19.9. The van der Waals surface area contributed by atoms with Crippen LogP contribution in [0.25, 0.3) is 0 Å². The van der Waals surface area contributed by atoms with E-state index in [1.165, 1.54) is 0 Å². The van der Waals surface area contributed by atoms with Crippen LogP contribution in [0.4, 0.5) is 26.5 Å². The van der Waals surface area contributed by atoms with E-state index in [4.69, 9.17) is 5.11 Å². The van der Waals surface area contributed by atoms with Gasteiger partial charge in [-0.3, -0.25) is 4.79 Å². The number of carbonyl (C=O) groups is 2. The Morgan fingerprint density at radius 2 is 2.00 bits per heavy atom. The number of hydrogen-bond donors (Lipinski definition) is 5. The van der Waals surface area contributed by atoms with Gasteiger partial charge in [-0.05, 0) is 37.5 Å². The van der Waals surface area contributed by atoms with Crippen LogP contribution in [-0.2, 0) is 6.54 Å². The maximum absolute atomic E-state index is 15.2. The SMILES string of the molecule is Cc1cccc(Nc2nc(N[C@@H]3CCCC[C@@H]3NC(=O)O)c(F)c3c2C(=O)NC3)c1. The Morgan fingerprint density at radius 3 is 2.73 bits per heavy atom. The van der Waals surface area contributed by atoms with Gasteiger partial charge in [-0.15, -0.1) is 0 Å². The molecule has 1 fully saturated rings. The standard InChI is InChI=1S/C21H24FN5O3/c1-11-5-4-6-12(9-11)24-18-16-13(10-23-20(16)28)17(22)19(27-18)25-14-7-2-3-8-15(14)26-21(29)30/h4-6,9,14-15,26H,2-3,7-8,10H2,1H3,(H,23,28)(H,29,30)(H2,24,25,27)/t14-,15+/m1/s1. The molecule has 1 saturated carbocycles. The quantitative estimate of drug-likeness (QED) is 0.512. The first-order valence-electron chi connectivity index (χ1n) is 10.0. The van der Waals surface area contributed by atoms with Gasteiger partial charge in [0.05, 0.1) is 11.6 Å². The van der Waals surface area contributed by atoms with Crippen molar-refractivity contribution in [2.24, 2.45) is 0 Å². The molecule has 1 aliphatic heterocycles. The van der Waals surface area contributed by atoms with Crippen LogP contribution in [0.5, 0.6) is 0 Å². The second-order valence-corrected chi connectivity index (χ2v) is 7.74. The molecule has 2 amide bonds. The lowest BCUT2D eigenvalue weighted by atomic mass is 9.90. The lowest BCUT2D eigenvalue weighted by Gasteiger charge is -2.32. The number of hydrogen-bond acceptors (Lipinski definition) is 5. The Bertz CT molecular complexity index is 997. The number of aromatic nitrogens is 1. The van der Waals surface area contributed by atoms with Gasteiger partial charge < -0.3 is 26.4 Å². The summed E-state index contributed by atoms with van der Waals surface area (Å²) in [7, 11) is 0.